The molecule has 1 aliphatic heterocycles. The molecular formula is C22H28N4O4S. The first-order chi connectivity index (χ1) is 14.7. The molecule has 1 aromatic carbocycles. The van der Waals surface area contributed by atoms with Gasteiger partial charge in [0.2, 0.25) is 5.88 Å². The Labute approximate surface area is 182 Å². The number of benzene rings is 1. The molecule has 0 radical (unpaired) electrons. The Kier molecular flexibility index (Phi) is 4.58. The highest BCUT2D eigenvalue weighted by Crippen LogP contribution is 2.41. The second kappa shape index (κ2) is 6.98. The molecular weight excluding hydrogens is 416 g/mol. The Hall–Kier alpha value is -2.55. The van der Waals surface area contributed by atoms with Crippen molar-refractivity contribution in [2.45, 2.75) is 70.7 Å². The summed E-state index contributed by atoms with van der Waals surface area (Å²) in [6.07, 6.45) is 7.21. The number of urea groups is 1. The molecule has 2 N–H and O–H groups in total. The van der Waals surface area contributed by atoms with Crippen LogP contribution in [0.25, 0.3) is 0 Å². The maximum absolute atomic E-state index is 12.9. The van der Waals surface area contributed by atoms with Crippen molar-refractivity contribution in [3.05, 3.63) is 34.0 Å². The number of carbonyl (C=O) groups is 1. The first-order valence-electron chi connectivity index (χ1n) is 10.8. The Morgan fingerprint density at radius 1 is 1.10 bits per heavy atom. The molecule has 3 aliphatic rings. The topological polar surface area (TPSA) is 102 Å². The third-order valence-corrected chi connectivity index (χ3v) is 7.95. The van der Waals surface area contributed by atoms with E-state index in [-0.39, 0.29) is 16.2 Å². The first-order valence-corrected chi connectivity index (χ1v) is 12.3. The molecule has 0 spiro atoms. The maximum Gasteiger partial charge on any atom is 0.333 e. The molecule has 1 aromatic heterocycles. The summed E-state index contributed by atoms with van der Waals surface area (Å²) in [5.41, 5.74) is 7.00. The average molecular weight is 445 g/mol. The van der Waals surface area contributed by atoms with Gasteiger partial charge >= 0.3 is 6.03 Å². The highest BCUT2D eigenvalue weighted by molar-refractivity contribution is 7.90. The summed E-state index contributed by atoms with van der Waals surface area (Å²) in [7, 11) is -4.12. The fourth-order valence-electron chi connectivity index (χ4n) is 5.21. The van der Waals surface area contributed by atoms with Gasteiger partial charge in [-0.3, -0.25) is 0 Å². The van der Waals surface area contributed by atoms with Gasteiger partial charge in [0.15, 0.2) is 4.90 Å². The lowest BCUT2D eigenvalue weighted by molar-refractivity contribution is 0.0970. The van der Waals surface area contributed by atoms with Crippen molar-refractivity contribution in [1.82, 2.24) is 14.5 Å². The molecule has 166 valence electrons. The maximum atomic E-state index is 12.9. The van der Waals surface area contributed by atoms with Crippen molar-refractivity contribution in [2.24, 2.45) is 5.41 Å². The zero-order valence-electron chi connectivity index (χ0n) is 18.2. The quantitative estimate of drug-likeness (QED) is 0.757. The smallest absolute Gasteiger partial charge is 0.333 e. The number of hydrogen-bond donors (Lipinski definition) is 2. The van der Waals surface area contributed by atoms with E-state index in [4.69, 9.17) is 4.74 Å². The summed E-state index contributed by atoms with van der Waals surface area (Å²) in [6, 6.07) is -0.747. The van der Waals surface area contributed by atoms with E-state index in [1.807, 2.05) is 13.8 Å². The SMILES string of the molecule is Cc1c2c(c(NC(=O)NS(=O)(=O)c3cnn4c3OCC(C)(C)C4)c3c1CCC3)CCC2. The van der Waals surface area contributed by atoms with Crippen molar-refractivity contribution in [2.75, 3.05) is 11.9 Å². The lowest BCUT2D eigenvalue weighted by atomic mass is 9.93. The van der Waals surface area contributed by atoms with Crippen LogP contribution in [0.15, 0.2) is 11.1 Å². The van der Waals surface area contributed by atoms with Gasteiger partial charge in [0.1, 0.15) is 0 Å². The number of sulfonamides is 1. The van der Waals surface area contributed by atoms with Crippen molar-refractivity contribution < 1.29 is 17.9 Å². The van der Waals surface area contributed by atoms with Crippen LogP contribution in [0.3, 0.4) is 0 Å². The minimum Gasteiger partial charge on any atom is -0.476 e. The van der Waals surface area contributed by atoms with E-state index in [9.17, 15) is 13.2 Å². The Bertz CT molecular complexity index is 1160. The van der Waals surface area contributed by atoms with Gasteiger partial charge in [-0.2, -0.15) is 5.10 Å². The number of carbonyl (C=O) groups excluding carboxylic acids is 1. The molecule has 0 fully saturated rings. The molecule has 9 heteroatoms. The second-order valence-electron chi connectivity index (χ2n) is 9.61. The van der Waals surface area contributed by atoms with Crippen molar-refractivity contribution in [1.29, 1.82) is 0 Å². The molecule has 2 amide bonds. The monoisotopic (exact) mass is 444 g/mol. The highest BCUT2D eigenvalue weighted by atomic mass is 32.2. The van der Waals surface area contributed by atoms with E-state index >= 15 is 0 Å². The summed E-state index contributed by atoms with van der Waals surface area (Å²) >= 11 is 0. The number of anilines is 1. The standard InChI is InChI=1S/C22H28N4O4S/c1-13-14-6-4-8-16(14)19(17-9-5-7-15(13)17)24-21(27)25-31(28,29)18-10-23-26-11-22(2,3)12-30-20(18)26/h10H,4-9,11-12H2,1-3H3,(H2,24,25,27). The number of amides is 2. The van der Waals surface area contributed by atoms with Crippen LogP contribution in [0.1, 0.15) is 54.5 Å². The number of fused-ring (bicyclic) bond motifs is 3. The van der Waals surface area contributed by atoms with Gasteiger partial charge in [0, 0.05) is 11.1 Å². The largest absolute Gasteiger partial charge is 0.476 e. The predicted octanol–water partition coefficient (Wildman–Crippen LogP) is 3.10. The average Bonchev–Trinajstić information content (AvgIpc) is 3.42. The van der Waals surface area contributed by atoms with Crippen molar-refractivity contribution in [3.8, 4) is 5.88 Å². The van der Waals surface area contributed by atoms with Crippen LogP contribution < -0.4 is 14.8 Å². The van der Waals surface area contributed by atoms with Crippen molar-refractivity contribution in [3.63, 3.8) is 0 Å². The van der Waals surface area contributed by atoms with Crippen LogP contribution in [-0.4, -0.2) is 30.8 Å². The van der Waals surface area contributed by atoms with Gasteiger partial charge in [-0.15, -0.1) is 0 Å². The number of ether oxygens (including phenoxy) is 1. The van der Waals surface area contributed by atoms with Gasteiger partial charge in [0.25, 0.3) is 10.0 Å². The van der Waals surface area contributed by atoms with Gasteiger partial charge in [0.05, 0.1) is 19.3 Å². The molecule has 0 bridgehead atoms. The van der Waals surface area contributed by atoms with E-state index in [1.165, 1.54) is 38.7 Å². The van der Waals surface area contributed by atoms with Gasteiger partial charge in [-0.1, -0.05) is 13.8 Å². The minimum atomic E-state index is -4.12. The van der Waals surface area contributed by atoms with E-state index < -0.39 is 16.1 Å². The number of hydrogen-bond acceptors (Lipinski definition) is 5. The summed E-state index contributed by atoms with van der Waals surface area (Å²) in [4.78, 5) is 12.7. The molecule has 0 saturated heterocycles. The minimum absolute atomic E-state index is 0.113. The summed E-state index contributed by atoms with van der Waals surface area (Å²) in [5.74, 6) is 0.178. The lowest BCUT2D eigenvalue weighted by Crippen LogP contribution is -2.36. The number of aromatic nitrogens is 2. The Morgan fingerprint density at radius 2 is 1.71 bits per heavy atom. The van der Waals surface area contributed by atoms with E-state index in [0.717, 1.165) is 44.2 Å². The number of nitrogens with one attached hydrogen (secondary N) is 2. The second-order valence-corrected chi connectivity index (χ2v) is 11.3. The fourth-order valence-corrected chi connectivity index (χ4v) is 6.20. The third-order valence-electron chi connectivity index (χ3n) is 6.64. The van der Waals surface area contributed by atoms with E-state index in [2.05, 4.69) is 22.1 Å². The van der Waals surface area contributed by atoms with Crippen LogP contribution >= 0.6 is 0 Å². The molecule has 31 heavy (non-hydrogen) atoms. The highest BCUT2D eigenvalue weighted by Gasteiger charge is 2.34. The Balaban J connectivity index is 1.41. The number of nitrogens with zero attached hydrogens (tertiary/aromatic N) is 2. The molecule has 2 aliphatic carbocycles. The predicted molar refractivity (Wildman–Crippen MR) is 116 cm³/mol. The van der Waals surface area contributed by atoms with Crippen LogP contribution in [-0.2, 0) is 42.3 Å². The Morgan fingerprint density at radius 3 is 2.35 bits per heavy atom. The number of rotatable bonds is 3. The molecule has 8 nitrogen and oxygen atoms in total. The summed E-state index contributed by atoms with van der Waals surface area (Å²) in [6.45, 7) is 7.15. The fraction of sp³-hybridized carbons (Fsp3) is 0.545. The van der Waals surface area contributed by atoms with Gasteiger partial charge in [-0.05, 0) is 73.3 Å². The van der Waals surface area contributed by atoms with Gasteiger partial charge < -0.3 is 10.1 Å². The molecule has 0 atom stereocenters. The molecule has 5 rings (SSSR count). The molecule has 0 unspecified atom stereocenters. The normalized spacial score (nSPS) is 18.7. The zero-order valence-corrected chi connectivity index (χ0v) is 19.0. The van der Waals surface area contributed by atoms with Crippen LogP contribution in [0.2, 0.25) is 0 Å². The van der Waals surface area contributed by atoms with Crippen LogP contribution in [0, 0.1) is 12.3 Å². The van der Waals surface area contributed by atoms with Crippen molar-refractivity contribution >= 4 is 21.7 Å². The first kappa shape index (κ1) is 20.4. The van der Waals surface area contributed by atoms with E-state index in [0.29, 0.717) is 13.2 Å². The lowest BCUT2D eigenvalue weighted by Gasteiger charge is -2.30. The van der Waals surface area contributed by atoms with Crippen LogP contribution in [0.5, 0.6) is 5.88 Å². The summed E-state index contributed by atoms with van der Waals surface area (Å²) in [5, 5.41) is 7.04. The van der Waals surface area contributed by atoms with Gasteiger partial charge in [-0.25, -0.2) is 22.6 Å². The third kappa shape index (κ3) is 3.39. The summed E-state index contributed by atoms with van der Waals surface area (Å²) < 4.78 is 35.3. The molecule has 0 saturated carbocycles. The zero-order chi connectivity index (χ0) is 22.0. The molecule has 2 heterocycles. The van der Waals surface area contributed by atoms with Crippen LogP contribution in [0.4, 0.5) is 10.5 Å². The van der Waals surface area contributed by atoms with E-state index in [1.54, 1.807) is 0 Å². The molecule has 2 aromatic rings.